The molecular formula is C19H25NO3. The summed E-state index contributed by atoms with van der Waals surface area (Å²) in [5.41, 5.74) is -0.453. The van der Waals surface area contributed by atoms with E-state index >= 15 is 0 Å². The molecule has 2 aliphatic rings. The molecule has 6 atom stereocenters. The van der Waals surface area contributed by atoms with Gasteiger partial charge in [0.05, 0.1) is 5.69 Å². The fourth-order valence-corrected chi connectivity index (χ4v) is 4.63. The van der Waals surface area contributed by atoms with Gasteiger partial charge in [-0.15, -0.1) is 0 Å². The number of hydrogen-bond donors (Lipinski definition) is 1. The fraction of sp³-hybridized carbons (Fsp3) is 0.579. The average Bonchev–Trinajstić information content (AvgIpc) is 2.74. The number of hydrogen-bond acceptors (Lipinski definition) is 4. The monoisotopic (exact) mass is 315 g/mol. The van der Waals surface area contributed by atoms with Gasteiger partial charge < -0.3 is 9.84 Å². The van der Waals surface area contributed by atoms with Crippen molar-refractivity contribution in [2.75, 3.05) is 0 Å². The molecule has 4 heteroatoms. The van der Waals surface area contributed by atoms with Crippen molar-refractivity contribution >= 4 is 12.0 Å². The maximum Gasteiger partial charge on any atom is 0.338 e. The molecule has 2 heterocycles. The summed E-state index contributed by atoms with van der Waals surface area (Å²) in [5.74, 6) is 0.177. The van der Waals surface area contributed by atoms with E-state index in [1.54, 1.807) is 6.20 Å². The zero-order valence-corrected chi connectivity index (χ0v) is 14.0. The molecule has 124 valence electrons. The van der Waals surface area contributed by atoms with Crippen LogP contribution in [0.1, 0.15) is 39.3 Å². The van der Waals surface area contributed by atoms with Gasteiger partial charge in [-0.1, -0.05) is 32.4 Å². The van der Waals surface area contributed by atoms with Gasteiger partial charge in [0.15, 0.2) is 5.60 Å². The van der Waals surface area contributed by atoms with Crippen LogP contribution in [0.5, 0.6) is 0 Å². The van der Waals surface area contributed by atoms with Crippen LogP contribution in [0.2, 0.25) is 0 Å². The van der Waals surface area contributed by atoms with E-state index in [4.69, 9.17) is 4.74 Å². The molecule has 1 saturated heterocycles. The van der Waals surface area contributed by atoms with Crippen molar-refractivity contribution in [2.24, 2.45) is 23.7 Å². The molecule has 1 aliphatic carbocycles. The molecule has 1 aromatic heterocycles. The topological polar surface area (TPSA) is 59.4 Å². The van der Waals surface area contributed by atoms with Gasteiger partial charge in [-0.2, -0.15) is 0 Å². The Morgan fingerprint density at radius 2 is 2.22 bits per heavy atom. The lowest BCUT2D eigenvalue weighted by atomic mass is 9.59. The average molecular weight is 315 g/mol. The molecule has 0 radical (unpaired) electrons. The highest BCUT2D eigenvalue weighted by atomic mass is 16.6. The number of carbonyl (C=O) groups excluding carboxylic acids is 1. The zero-order valence-electron chi connectivity index (χ0n) is 14.0. The van der Waals surface area contributed by atoms with Crippen molar-refractivity contribution in [1.29, 1.82) is 0 Å². The predicted octanol–water partition coefficient (Wildman–Crippen LogP) is 3.07. The van der Waals surface area contributed by atoms with Gasteiger partial charge in [-0.05, 0) is 49.3 Å². The van der Waals surface area contributed by atoms with E-state index in [0.29, 0.717) is 12.3 Å². The van der Waals surface area contributed by atoms with Crippen LogP contribution in [0.4, 0.5) is 0 Å². The van der Waals surface area contributed by atoms with E-state index in [0.717, 1.165) is 12.1 Å². The van der Waals surface area contributed by atoms with Crippen molar-refractivity contribution < 1.29 is 14.6 Å². The first kappa shape index (κ1) is 16.2. The maximum absolute atomic E-state index is 12.2. The van der Waals surface area contributed by atoms with Gasteiger partial charge in [-0.3, -0.25) is 4.98 Å². The Balaban J connectivity index is 1.96. The molecule has 3 rings (SSSR count). The van der Waals surface area contributed by atoms with Crippen LogP contribution in [0.15, 0.2) is 30.5 Å². The highest BCUT2D eigenvalue weighted by Gasteiger charge is 2.62. The van der Waals surface area contributed by atoms with E-state index in [-0.39, 0.29) is 23.9 Å². The minimum Gasteiger partial charge on any atom is -0.460 e. The Hall–Kier alpha value is -1.68. The minimum absolute atomic E-state index is 0.109. The van der Waals surface area contributed by atoms with E-state index in [9.17, 15) is 9.90 Å². The molecule has 1 saturated carbocycles. The number of cyclic esters (lactones) is 1. The van der Waals surface area contributed by atoms with Gasteiger partial charge in [0, 0.05) is 12.1 Å². The van der Waals surface area contributed by atoms with Crippen LogP contribution in [-0.2, 0) is 9.53 Å². The lowest BCUT2D eigenvalue weighted by Crippen LogP contribution is -2.53. The van der Waals surface area contributed by atoms with E-state index in [1.807, 2.05) is 31.2 Å². The molecule has 2 fully saturated rings. The molecule has 0 spiro atoms. The Morgan fingerprint density at radius 3 is 2.87 bits per heavy atom. The first-order valence-corrected chi connectivity index (χ1v) is 8.50. The van der Waals surface area contributed by atoms with E-state index < -0.39 is 11.6 Å². The number of aromatic nitrogens is 1. The Morgan fingerprint density at radius 1 is 1.43 bits per heavy atom. The first-order valence-electron chi connectivity index (χ1n) is 8.50. The number of ether oxygens (including phenoxy) is 1. The molecule has 0 amide bonds. The lowest BCUT2D eigenvalue weighted by Gasteiger charge is -2.45. The predicted molar refractivity (Wildman–Crippen MR) is 88.3 cm³/mol. The molecule has 23 heavy (non-hydrogen) atoms. The molecule has 0 aromatic carbocycles. The number of esters is 1. The Kier molecular flexibility index (Phi) is 4.28. The van der Waals surface area contributed by atoms with Gasteiger partial charge in [0.25, 0.3) is 0 Å². The third kappa shape index (κ3) is 2.69. The third-order valence-electron chi connectivity index (χ3n) is 5.63. The summed E-state index contributed by atoms with van der Waals surface area (Å²) in [6.07, 6.45) is 7.15. The summed E-state index contributed by atoms with van der Waals surface area (Å²) < 4.78 is 5.40. The molecule has 1 aliphatic heterocycles. The molecule has 4 nitrogen and oxygen atoms in total. The second-order valence-corrected chi connectivity index (χ2v) is 7.01. The molecule has 1 N–H and O–H groups in total. The van der Waals surface area contributed by atoms with Crippen molar-refractivity contribution in [1.82, 2.24) is 4.98 Å². The minimum atomic E-state index is -1.34. The largest absolute Gasteiger partial charge is 0.460 e. The number of nitrogens with zero attached hydrogens (tertiary/aromatic N) is 1. The van der Waals surface area contributed by atoms with Crippen LogP contribution in [-0.4, -0.2) is 27.8 Å². The number of carbonyl (C=O) groups is 1. The van der Waals surface area contributed by atoms with E-state index in [1.165, 1.54) is 0 Å². The quantitative estimate of drug-likeness (QED) is 0.871. The summed E-state index contributed by atoms with van der Waals surface area (Å²) in [6, 6.07) is 5.80. The molecular weight excluding hydrogens is 290 g/mol. The van der Waals surface area contributed by atoms with Crippen LogP contribution in [0.25, 0.3) is 6.08 Å². The highest BCUT2D eigenvalue weighted by Crippen LogP contribution is 2.52. The fourth-order valence-electron chi connectivity index (χ4n) is 4.63. The molecule has 0 bridgehead atoms. The number of fused-ring (bicyclic) bond motifs is 1. The Labute approximate surface area is 137 Å². The number of aliphatic hydroxyl groups is 1. The SMILES string of the molecule is CC[C@H]1[C@H](/C=C/c2ccccn2)[C@@H]2[C@@H](C)OC(=O)[C@]2(O)C[C@@H]1C. The van der Waals surface area contributed by atoms with Crippen molar-refractivity contribution in [3.05, 3.63) is 36.2 Å². The lowest BCUT2D eigenvalue weighted by molar-refractivity contribution is -0.160. The summed E-state index contributed by atoms with van der Waals surface area (Å²) in [6.45, 7) is 6.19. The standard InChI is InChI=1S/C19H25NO3/c1-4-15-12(2)11-19(22)17(13(3)23-18(19)21)16(15)9-8-14-7-5-6-10-20-14/h5-10,12-13,15-17,22H,4,11H2,1-3H3/b9-8+/t12-,13+,15+,16-,17-,19-/m0/s1. The van der Waals surface area contributed by atoms with E-state index in [2.05, 4.69) is 24.9 Å². The summed E-state index contributed by atoms with van der Waals surface area (Å²) >= 11 is 0. The second-order valence-electron chi connectivity index (χ2n) is 7.01. The van der Waals surface area contributed by atoms with Crippen LogP contribution in [0.3, 0.4) is 0 Å². The smallest absolute Gasteiger partial charge is 0.338 e. The van der Waals surface area contributed by atoms with Crippen LogP contribution >= 0.6 is 0 Å². The normalized spacial score (nSPS) is 40.2. The number of rotatable bonds is 3. The van der Waals surface area contributed by atoms with Gasteiger partial charge in [0.1, 0.15) is 6.10 Å². The third-order valence-corrected chi connectivity index (χ3v) is 5.63. The Bertz CT molecular complexity index is 600. The van der Waals surface area contributed by atoms with Crippen LogP contribution < -0.4 is 0 Å². The highest BCUT2D eigenvalue weighted by molar-refractivity contribution is 5.82. The summed E-state index contributed by atoms with van der Waals surface area (Å²) in [4.78, 5) is 16.5. The molecule has 1 aromatic rings. The van der Waals surface area contributed by atoms with Crippen molar-refractivity contribution in [3.8, 4) is 0 Å². The number of allylic oxidation sites excluding steroid dienone is 1. The maximum atomic E-state index is 12.2. The number of pyridine rings is 1. The van der Waals surface area contributed by atoms with Crippen LogP contribution in [0, 0.1) is 23.7 Å². The van der Waals surface area contributed by atoms with Gasteiger partial charge >= 0.3 is 5.97 Å². The van der Waals surface area contributed by atoms with Crippen molar-refractivity contribution in [3.63, 3.8) is 0 Å². The van der Waals surface area contributed by atoms with Crippen molar-refractivity contribution in [2.45, 2.75) is 45.3 Å². The van der Waals surface area contributed by atoms with Gasteiger partial charge in [-0.25, -0.2) is 4.79 Å². The summed E-state index contributed by atoms with van der Waals surface area (Å²) in [7, 11) is 0. The zero-order chi connectivity index (χ0) is 16.6. The summed E-state index contributed by atoms with van der Waals surface area (Å²) in [5, 5.41) is 11.0. The first-order chi connectivity index (χ1) is 11.0. The second kappa shape index (κ2) is 6.08. The molecule has 0 unspecified atom stereocenters. The van der Waals surface area contributed by atoms with Gasteiger partial charge in [0.2, 0.25) is 0 Å².